The van der Waals surface area contributed by atoms with Gasteiger partial charge in [0.1, 0.15) is 0 Å². The van der Waals surface area contributed by atoms with E-state index >= 15 is 0 Å². The van der Waals surface area contributed by atoms with E-state index in [0.29, 0.717) is 17.6 Å². The van der Waals surface area contributed by atoms with Gasteiger partial charge in [-0.25, -0.2) is 0 Å². The van der Waals surface area contributed by atoms with E-state index in [-0.39, 0.29) is 0 Å². The molecule has 2 heteroatoms. The van der Waals surface area contributed by atoms with Crippen LogP contribution in [0.5, 0.6) is 0 Å². The Morgan fingerprint density at radius 1 is 1.00 bits per heavy atom. The summed E-state index contributed by atoms with van der Waals surface area (Å²) in [6, 6.07) is 0. The molecule has 5 fully saturated rings. The van der Waals surface area contributed by atoms with Crippen LogP contribution in [0, 0.1) is 29.6 Å². The Kier molecular flexibility index (Phi) is 2.58. The molecule has 1 spiro atoms. The van der Waals surface area contributed by atoms with E-state index in [2.05, 4.69) is 19.2 Å². The van der Waals surface area contributed by atoms with Crippen LogP contribution in [-0.2, 0) is 4.74 Å². The van der Waals surface area contributed by atoms with Crippen molar-refractivity contribution >= 4 is 0 Å². The van der Waals surface area contributed by atoms with Crippen LogP contribution in [0.15, 0.2) is 0 Å². The van der Waals surface area contributed by atoms with Crippen LogP contribution < -0.4 is 5.32 Å². The lowest BCUT2D eigenvalue weighted by atomic mass is 9.48. The van der Waals surface area contributed by atoms with E-state index in [0.717, 1.165) is 36.8 Å². The zero-order chi connectivity index (χ0) is 12.3. The third-order valence-electron chi connectivity index (χ3n) is 6.51. The quantitative estimate of drug-likeness (QED) is 0.771. The van der Waals surface area contributed by atoms with E-state index in [1.54, 1.807) is 6.42 Å². The third kappa shape index (κ3) is 1.54. The summed E-state index contributed by atoms with van der Waals surface area (Å²) in [5, 5.41) is 3.98. The molecule has 2 nitrogen and oxygen atoms in total. The van der Waals surface area contributed by atoms with E-state index in [1.165, 1.54) is 25.7 Å². The van der Waals surface area contributed by atoms with Gasteiger partial charge in [-0.05, 0) is 61.7 Å². The summed E-state index contributed by atoms with van der Waals surface area (Å²) in [6.45, 7) is 6.63. The molecule has 1 heterocycles. The Balaban J connectivity index is 1.54. The van der Waals surface area contributed by atoms with Crippen LogP contribution in [0.25, 0.3) is 0 Å². The second-order valence-corrected chi connectivity index (χ2v) is 7.82. The van der Waals surface area contributed by atoms with Crippen LogP contribution >= 0.6 is 0 Å². The summed E-state index contributed by atoms with van der Waals surface area (Å²) in [4.78, 5) is 0. The molecule has 4 bridgehead atoms. The van der Waals surface area contributed by atoms with Gasteiger partial charge in [0, 0.05) is 12.1 Å². The van der Waals surface area contributed by atoms with Crippen LogP contribution in [0.3, 0.4) is 0 Å². The van der Waals surface area contributed by atoms with E-state index in [1.807, 2.05) is 0 Å². The van der Waals surface area contributed by atoms with Crippen LogP contribution in [0.1, 0.15) is 46.0 Å². The highest BCUT2D eigenvalue weighted by molar-refractivity contribution is 5.12. The summed E-state index contributed by atoms with van der Waals surface area (Å²) < 4.78 is 6.26. The summed E-state index contributed by atoms with van der Waals surface area (Å²) in [5.41, 5.74) is 0.374. The summed E-state index contributed by atoms with van der Waals surface area (Å²) in [5.74, 6) is 4.60. The lowest BCUT2D eigenvalue weighted by molar-refractivity contribution is -0.153. The monoisotopic (exact) mass is 249 g/mol. The van der Waals surface area contributed by atoms with Crippen LogP contribution in [0.2, 0.25) is 0 Å². The topological polar surface area (TPSA) is 21.3 Å². The molecule has 4 saturated carbocycles. The Hall–Kier alpha value is -0.0800. The molecule has 1 saturated heterocycles. The highest BCUT2D eigenvalue weighted by Gasteiger charge is 2.58. The van der Waals surface area contributed by atoms with E-state index in [4.69, 9.17) is 4.74 Å². The maximum Gasteiger partial charge on any atom is 0.0723 e. The molecule has 0 radical (unpaired) electrons. The van der Waals surface area contributed by atoms with Gasteiger partial charge in [-0.15, -0.1) is 0 Å². The molecule has 0 amide bonds. The van der Waals surface area contributed by atoms with Crippen molar-refractivity contribution in [2.75, 3.05) is 13.2 Å². The number of hydrogen-bond acceptors (Lipinski definition) is 2. The molecule has 0 aromatic carbocycles. The molecular weight excluding hydrogens is 222 g/mol. The molecule has 102 valence electrons. The standard InChI is InChI=1S/C16H27NO/c1-10(2)15-8-17-16(9-18-15)13-4-11-3-12(6-13)7-14(16)5-11/h10-15,17H,3-9H2,1-2H3. The molecule has 5 rings (SSSR count). The zero-order valence-electron chi connectivity index (χ0n) is 11.8. The fourth-order valence-electron chi connectivity index (χ4n) is 5.62. The van der Waals surface area contributed by atoms with Gasteiger partial charge in [0.15, 0.2) is 0 Å². The fraction of sp³-hybridized carbons (Fsp3) is 1.00. The maximum atomic E-state index is 6.26. The minimum atomic E-state index is 0.374. The van der Waals surface area contributed by atoms with Gasteiger partial charge in [-0.2, -0.15) is 0 Å². The third-order valence-corrected chi connectivity index (χ3v) is 6.51. The van der Waals surface area contributed by atoms with Gasteiger partial charge in [0.2, 0.25) is 0 Å². The van der Waals surface area contributed by atoms with Crippen LogP contribution in [0.4, 0.5) is 0 Å². The number of hydrogen-bond donors (Lipinski definition) is 1. The molecule has 5 aliphatic rings. The number of morpholine rings is 1. The summed E-state index contributed by atoms with van der Waals surface area (Å²) in [7, 11) is 0. The minimum Gasteiger partial charge on any atom is -0.375 e. The molecule has 4 aliphatic carbocycles. The van der Waals surface area contributed by atoms with Crippen molar-refractivity contribution in [3.63, 3.8) is 0 Å². The Morgan fingerprint density at radius 2 is 1.61 bits per heavy atom. The molecule has 0 aromatic heterocycles. The Bertz CT molecular complexity index is 300. The molecule has 18 heavy (non-hydrogen) atoms. The predicted octanol–water partition coefficient (Wildman–Crippen LogP) is 2.83. The number of ether oxygens (including phenoxy) is 1. The van der Waals surface area contributed by atoms with Crippen molar-refractivity contribution in [2.24, 2.45) is 29.6 Å². The largest absolute Gasteiger partial charge is 0.375 e. The highest BCUT2D eigenvalue weighted by Crippen LogP contribution is 2.58. The molecule has 1 aliphatic heterocycles. The Labute approximate surface area is 111 Å². The lowest BCUT2D eigenvalue weighted by Gasteiger charge is -2.63. The van der Waals surface area contributed by atoms with E-state index in [9.17, 15) is 0 Å². The first kappa shape index (κ1) is 11.7. The number of nitrogens with one attached hydrogen (secondary N) is 1. The smallest absolute Gasteiger partial charge is 0.0723 e. The molecular formula is C16H27NO. The second kappa shape index (κ2) is 3.96. The zero-order valence-corrected chi connectivity index (χ0v) is 11.8. The first-order valence-electron chi connectivity index (χ1n) is 8.04. The van der Waals surface area contributed by atoms with Crippen molar-refractivity contribution < 1.29 is 4.74 Å². The van der Waals surface area contributed by atoms with Crippen molar-refractivity contribution in [3.8, 4) is 0 Å². The van der Waals surface area contributed by atoms with Gasteiger partial charge < -0.3 is 10.1 Å². The summed E-state index contributed by atoms with van der Waals surface area (Å²) >= 11 is 0. The molecule has 1 N–H and O–H groups in total. The van der Waals surface area contributed by atoms with Crippen molar-refractivity contribution in [1.29, 1.82) is 0 Å². The highest BCUT2D eigenvalue weighted by atomic mass is 16.5. The predicted molar refractivity (Wildman–Crippen MR) is 72.4 cm³/mol. The molecule has 1 unspecified atom stereocenters. The van der Waals surface area contributed by atoms with E-state index < -0.39 is 0 Å². The minimum absolute atomic E-state index is 0.374. The second-order valence-electron chi connectivity index (χ2n) is 7.82. The van der Waals surface area contributed by atoms with Gasteiger partial charge in [0.25, 0.3) is 0 Å². The van der Waals surface area contributed by atoms with Crippen molar-refractivity contribution in [3.05, 3.63) is 0 Å². The SMILES string of the molecule is CC(C)C1CNC2(CO1)C1CC3CC(C1)CC2C3. The maximum absolute atomic E-state index is 6.26. The Morgan fingerprint density at radius 3 is 2.06 bits per heavy atom. The normalized spacial score (nSPS) is 54.5. The van der Waals surface area contributed by atoms with Crippen molar-refractivity contribution in [2.45, 2.75) is 57.6 Å². The first-order valence-corrected chi connectivity index (χ1v) is 8.04. The van der Waals surface area contributed by atoms with Crippen LogP contribution in [-0.4, -0.2) is 24.8 Å². The fourth-order valence-corrected chi connectivity index (χ4v) is 5.62. The molecule has 0 aromatic rings. The van der Waals surface area contributed by atoms with Crippen molar-refractivity contribution in [1.82, 2.24) is 5.32 Å². The average molecular weight is 249 g/mol. The van der Waals surface area contributed by atoms with Gasteiger partial charge in [0.05, 0.1) is 12.7 Å². The van der Waals surface area contributed by atoms with Gasteiger partial charge in [-0.3, -0.25) is 0 Å². The van der Waals surface area contributed by atoms with Gasteiger partial charge >= 0.3 is 0 Å². The number of rotatable bonds is 1. The first-order chi connectivity index (χ1) is 8.67. The summed E-state index contributed by atoms with van der Waals surface area (Å²) in [6.07, 6.45) is 7.91. The molecule has 1 atom stereocenters. The lowest BCUT2D eigenvalue weighted by Crippen LogP contribution is -2.70. The average Bonchev–Trinajstić information content (AvgIpc) is 2.35. The van der Waals surface area contributed by atoms with Gasteiger partial charge in [-0.1, -0.05) is 13.8 Å².